The molecule has 0 amide bonds. The van der Waals surface area contributed by atoms with Gasteiger partial charge < -0.3 is 10.1 Å². The number of nitrogens with one attached hydrogen (secondary N) is 1. The van der Waals surface area contributed by atoms with Crippen molar-refractivity contribution in [2.45, 2.75) is 6.54 Å². The third-order valence-electron chi connectivity index (χ3n) is 2.12. The summed E-state index contributed by atoms with van der Waals surface area (Å²) in [5.41, 5.74) is 0.955. The Kier molecular flexibility index (Phi) is 5.38. The molecule has 1 aromatic carbocycles. The number of halogens is 1. The maximum absolute atomic E-state index is 10.7. The standard InChI is InChI=1S/C10H15BrN2O3S/c1-16-10-3-2-9(11)6-8(10)7-13-4-5-17(12,14)15/h2-3,6,13H,4-5,7H2,1H3,(H2,12,14,15). The third kappa shape index (κ3) is 5.49. The summed E-state index contributed by atoms with van der Waals surface area (Å²) in [6.07, 6.45) is 0. The first kappa shape index (κ1) is 14.4. The Hall–Kier alpha value is -0.630. The van der Waals surface area contributed by atoms with Crippen molar-refractivity contribution in [1.82, 2.24) is 5.32 Å². The summed E-state index contributed by atoms with van der Waals surface area (Å²) in [5, 5.41) is 7.90. The number of hydrogen-bond donors (Lipinski definition) is 2. The average Bonchev–Trinajstić information content (AvgIpc) is 2.23. The minimum atomic E-state index is -3.41. The molecule has 0 aliphatic rings. The Balaban J connectivity index is 2.54. The Morgan fingerprint density at radius 3 is 2.76 bits per heavy atom. The van der Waals surface area contributed by atoms with Crippen LogP contribution in [-0.4, -0.2) is 27.8 Å². The van der Waals surface area contributed by atoms with Crippen LogP contribution in [0.25, 0.3) is 0 Å². The van der Waals surface area contributed by atoms with E-state index < -0.39 is 10.0 Å². The number of primary sulfonamides is 1. The lowest BCUT2D eigenvalue weighted by Gasteiger charge is -2.09. The van der Waals surface area contributed by atoms with Gasteiger partial charge in [0, 0.05) is 23.1 Å². The zero-order chi connectivity index (χ0) is 12.9. The molecule has 0 heterocycles. The monoisotopic (exact) mass is 322 g/mol. The summed E-state index contributed by atoms with van der Waals surface area (Å²) in [5.74, 6) is 0.680. The first-order valence-corrected chi connectivity index (χ1v) is 7.47. The van der Waals surface area contributed by atoms with Crippen molar-refractivity contribution in [2.24, 2.45) is 5.14 Å². The second-order valence-electron chi connectivity index (χ2n) is 3.50. The van der Waals surface area contributed by atoms with Crippen molar-refractivity contribution >= 4 is 26.0 Å². The molecule has 96 valence electrons. The molecular weight excluding hydrogens is 308 g/mol. The number of sulfonamides is 1. The minimum Gasteiger partial charge on any atom is -0.496 e. The van der Waals surface area contributed by atoms with Crippen molar-refractivity contribution in [3.63, 3.8) is 0 Å². The lowest BCUT2D eigenvalue weighted by Crippen LogP contribution is -2.26. The fourth-order valence-corrected chi connectivity index (χ4v) is 2.16. The van der Waals surface area contributed by atoms with Gasteiger partial charge in [0.1, 0.15) is 5.75 Å². The van der Waals surface area contributed by atoms with Crippen LogP contribution in [0.5, 0.6) is 5.75 Å². The fourth-order valence-electron chi connectivity index (χ4n) is 1.32. The van der Waals surface area contributed by atoms with Crippen LogP contribution >= 0.6 is 15.9 Å². The van der Waals surface area contributed by atoms with Gasteiger partial charge in [-0.2, -0.15) is 0 Å². The molecule has 1 aromatic rings. The summed E-state index contributed by atoms with van der Waals surface area (Å²) in [7, 11) is -1.81. The molecule has 1 rings (SSSR count). The van der Waals surface area contributed by atoms with Gasteiger partial charge in [-0.25, -0.2) is 13.6 Å². The Labute approximate surface area is 110 Å². The molecule has 17 heavy (non-hydrogen) atoms. The average molecular weight is 323 g/mol. The maximum atomic E-state index is 10.7. The van der Waals surface area contributed by atoms with Crippen LogP contribution in [-0.2, 0) is 16.6 Å². The van der Waals surface area contributed by atoms with Crippen molar-refractivity contribution in [1.29, 1.82) is 0 Å². The van der Waals surface area contributed by atoms with E-state index >= 15 is 0 Å². The fraction of sp³-hybridized carbons (Fsp3) is 0.400. The van der Waals surface area contributed by atoms with Gasteiger partial charge >= 0.3 is 0 Å². The van der Waals surface area contributed by atoms with Crippen molar-refractivity contribution in [2.75, 3.05) is 19.4 Å². The number of rotatable bonds is 6. The van der Waals surface area contributed by atoms with E-state index in [1.165, 1.54) is 0 Å². The normalized spacial score (nSPS) is 11.5. The van der Waals surface area contributed by atoms with Crippen LogP contribution in [0.2, 0.25) is 0 Å². The molecule has 0 aliphatic heterocycles. The largest absolute Gasteiger partial charge is 0.496 e. The van der Waals surface area contributed by atoms with Gasteiger partial charge in [0.2, 0.25) is 10.0 Å². The highest BCUT2D eigenvalue weighted by Gasteiger charge is 2.05. The van der Waals surface area contributed by atoms with E-state index in [4.69, 9.17) is 9.88 Å². The van der Waals surface area contributed by atoms with Crippen LogP contribution in [0, 0.1) is 0 Å². The lowest BCUT2D eigenvalue weighted by molar-refractivity contribution is 0.408. The third-order valence-corrected chi connectivity index (χ3v) is 3.39. The predicted octanol–water partition coefficient (Wildman–Crippen LogP) is 0.836. The Morgan fingerprint density at radius 2 is 2.18 bits per heavy atom. The molecule has 0 aliphatic carbocycles. The molecule has 0 fully saturated rings. The van der Waals surface area contributed by atoms with Crippen molar-refractivity contribution in [3.8, 4) is 5.75 Å². The molecule has 0 saturated carbocycles. The number of benzene rings is 1. The molecule has 0 spiro atoms. The SMILES string of the molecule is COc1ccc(Br)cc1CNCCS(N)(=O)=O. The lowest BCUT2D eigenvalue weighted by atomic mass is 10.2. The van der Waals surface area contributed by atoms with E-state index in [1.807, 2.05) is 18.2 Å². The number of ether oxygens (including phenoxy) is 1. The van der Waals surface area contributed by atoms with Gasteiger partial charge in [-0.15, -0.1) is 0 Å². The van der Waals surface area contributed by atoms with Crippen molar-refractivity contribution < 1.29 is 13.2 Å². The zero-order valence-corrected chi connectivity index (χ0v) is 11.8. The first-order valence-electron chi connectivity index (χ1n) is 4.96. The van der Waals surface area contributed by atoms with E-state index in [2.05, 4.69) is 21.2 Å². The molecule has 0 atom stereocenters. The zero-order valence-electron chi connectivity index (χ0n) is 9.44. The first-order chi connectivity index (χ1) is 7.92. The van der Waals surface area contributed by atoms with Crippen LogP contribution in [0.15, 0.2) is 22.7 Å². The Morgan fingerprint density at radius 1 is 1.47 bits per heavy atom. The van der Waals surface area contributed by atoms with Gasteiger partial charge in [0.15, 0.2) is 0 Å². The molecule has 0 aromatic heterocycles. The van der Waals surface area contributed by atoms with Crippen LogP contribution in [0.3, 0.4) is 0 Å². The predicted molar refractivity (Wildman–Crippen MR) is 70.4 cm³/mol. The molecule has 0 radical (unpaired) electrons. The number of nitrogens with two attached hydrogens (primary N) is 1. The molecular formula is C10H15BrN2O3S. The van der Waals surface area contributed by atoms with Gasteiger partial charge in [-0.3, -0.25) is 0 Å². The summed E-state index contributed by atoms with van der Waals surface area (Å²) in [4.78, 5) is 0. The summed E-state index contributed by atoms with van der Waals surface area (Å²) >= 11 is 3.37. The van der Waals surface area contributed by atoms with E-state index in [1.54, 1.807) is 7.11 Å². The highest BCUT2D eigenvalue weighted by atomic mass is 79.9. The highest BCUT2D eigenvalue weighted by Crippen LogP contribution is 2.22. The molecule has 0 bridgehead atoms. The topological polar surface area (TPSA) is 81.4 Å². The second-order valence-corrected chi connectivity index (χ2v) is 6.15. The van der Waals surface area contributed by atoms with Crippen LogP contribution in [0.4, 0.5) is 0 Å². The summed E-state index contributed by atoms with van der Waals surface area (Å²) < 4.78 is 27.6. The second kappa shape index (κ2) is 6.34. The minimum absolute atomic E-state index is 0.0800. The number of hydrogen-bond acceptors (Lipinski definition) is 4. The molecule has 5 nitrogen and oxygen atoms in total. The van der Waals surface area contributed by atoms with Gasteiger partial charge in [0.05, 0.1) is 12.9 Å². The quantitative estimate of drug-likeness (QED) is 0.760. The van der Waals surface area contributed by atoms with Crippen LogP contribution in [0.1, 0.15) is 5.56 Å². The van der Waals surface area contributed by atoms with Crippen molar-refractivity contribution in [3.05, 3.63) is 28.2 Å². The molecule has 0 saturated heterocycles. The van der Waals surface area contributed by atoms with E-state index in [0.717, 1.165) is 15.8 Å². The highest BCUT2D eigenvalue weighted by molar-refractivity contribution is 9.10. The number of methoxy groups -OCH3 is 1. The Bertz CT molecular complexity index is 476. The van der Waals surface area contributed by atoms with Gasteiger partial charge in [-0.1, -0.05) is 15.9 Å². The van der Waals surface area contributed by atoms with E-state index in [-0.39, 0.29) is 5.75 Å². The van der Waals surface area contributed by atoms with Gasteiger partial charge in [0.25, 0.3) is 0 Å². The molecule has 0 unspecified atom stereocenters. The van der Waals surface area contributed by atoms with E-state index in [9.17, 15) is 8.42 Å². The van der Waals surface area contributed by atoms with E-state index in [0.29, 0.717) is 13.1 Å². The van der Waals surface area contributed by atoms with Crippen LogP contribution < -0.4 is 15.2 Å². The summed E-state index contributed by atoms with van der Waals surface area (Å²) in [6, 6.07) is 5.65. The summed E-state index contributed by atoms with van der Waals surface area (Å²) in [6.45, 7) is 0.840. The molecule has 3 N–H and O–H groups in total. The smallest absolute Gasteiger partial charge is 0.210 e. The molecule has 7 heteroatoms. The van der Waals surface area contributed by atoms with Gasteiger partial charge in [-0.05, 0) is 18.2 Å². The maximum Gasteiger partial charge on any atom is 0.210 e.